The highest BCUT2D eigenvalue weighted by atomic mass is 16.3. The number of amides is 2. The number of aliphatic hydroxyl groups excluding tert-OH is 1. The summed E-state index contributed by atoms with van der Waals surface area (Å²) in [6.45, 7) is 5.82. The molecule has 0 saturated carbocycles. The fourth-order valence-electron chi connectivity index (χ4n) is 1.08. The summed E-state index contributed by atoms with van der Waals surface area (Å²) in [6, 6.07) is -1.08. The highest BCUT2D eigenvalue weighted by Gasteiger charge is 2.26. The van der Waals surface area contributed by atoms with Crippen LogP contribution in [0.25, 0.3) is 4.85 Å². The Morgan fingerprint density at radius 1 is 1.44 bits per heavy atom. The quantitative estimate of drug-likeness (QED) is 0.602. The van der Waals surface area contributed by atoms with E-state index in [9.17, 15) is 14.4 Å². The minimum atomic E-state index is -1.08. The summed E-state index contributed by atoms with van der Waals surface area (Å²) in [5.74, 6) is -1.11. The minimum absolute atomic E-state index is 0.00982. The molecule has 0 fully saturated rings. The lowest BCUT2D eigenvalue weighted by Crippen LogP contribution is -2.43. The third kappa shape index (κ3) is 5.41. The number of likely N-dealkylation sites (N-methyl/N-ethyl adjacent to an activating group) is 1. The van der Waals surface area contributed by atoms with Crippen molar-refractivity contribution in [2.45, 2.75) is 19.4 Å². The maximum atomic E-state index is 11.5. The molecule has 0 aromatic heterocycles. The van der Waals surface area contributed by atoms with Gasteiger partial charge in [-0.3, -0.25) is 14.4 Å². The van der Waals surface area contributed by atoms with Crippen LogP contribution in [0.2, 0.25) is 0 Å². The Morgan fingerprint density at radius 3 is 2.50 bits per heavy atom. The molecule has 1 atom stereocenters. The molecule has 100 valence electrons. The molecular formula is C11H18N3O4+. The van der Waals surface area contributed by atoms with Crippen LogP contribution in [-0.4, -0.2) is 60.4 Å². The van der Waals surface area contributed by atoms with Gasteiger partial charge < -0.3 is 15.3 Å². The van der Waals surface area contributed by atoms with Gasteiger partial charge in [0.15, 0.2) is 5.78 Å². The number of hydrogen-bond donors (Lipinski definition) is 2. The van der Waals surface area contributed by atoms with Gasteiger partial charge in [-0.2, -0.15) is 0 Å². The van der Waals surface area contributed by atoms with Crippen molar-refractivity contribution in [3.05, 3.63) is 4.85 Å². The Hall–Kier alpha value is -1.94. The van der Waals surface area contributed by atoms with Crippen LogP contribution < -0.4 is 5.32 Å². The first-order valence-corrected chi connectivity index (χ1v) is 5.50. The second kappa shape index (κ2) is 8.20. The zero-order chi connectivity index (χ0) is 14.1. The fourth-order valence-corrected chi connectivity index (χ4v) is 1.08. The number of rotatable bonds is 7. The molecule has 7 nitrogen and oxygen atoms in total. The number of ketones is 1. The second-order valence-electron chi connectivity index (χ2n) is 3.71. The van der Waals surface area contributed by atoms with Gasteiger partial charge in [0.25, 0.3) is 6.57 Å². The van der Waals surface area contributed by atoms with Crippen LogP contribution in [0, 0.1) is 6.57 Å². The van der Waals surface area contributed by atoms with E-state index in [1.807, 2.05) is 0 Å². The van der Waals surface area contributed by atoms with Crippen LogP contribution in [0.3, 0.4) is 0 Å². The van der Waals surface area contributed by atoms with Gasteiger partial charge in [-0.25, -0.2) is 0 Å². The molecule has 2 amide bonds. The number of carbonyl (C=O) groups excluding carboxylic acids is 3. The first-order chi connectivity index (χ1) is 8.46. The Kier molecular flexibility index (Phi) is 7.31. The predicted molar refractivity (Wildman–Crippen MR) is 65.1 cm³/mol. The lowest BCUT2D eigenvalue weighted by molar-refractivity contribution is -0.134. The molecule has 0 aromatic carbocycles. The zero-order valence-corrected chi connectivity index (χ0v) is 10.5. The lowest BCUT2D eigenvalue weighted by Gasteiger charge is -2.15. The third-order valence-corrected chi connectivity index (χ3v) is 2.30. The average molecular weight is 256 g/mol. The van der Waals surface area contributed by atoms with Gasteiger partial charge in [0.1, 0.15) is 6.61 Å². The summed E-state index contributed by atoms with van der Waals surface area (Å²) in [4.78, 5) is 38.4. The van der Waals surface area contributed by atoms with E-state index in [0.29, 0.717) is 6.42 Å². The summed E-state index contributed by atoms with van der Waals surface area (Å²) in [7, 11) is 1.47. The van der Waals surface area contributed by atoms with Gasteiger partial charge >= 0.3 is 11.9 Å². The van der Waals surface area contributed by atoms with Crippen molar-refractivity contribution in [2.75, 3.05) is 26.7 Å². The highest BCUT2D eigenvalue weighted by molar-refractivity contribution is 5.90. The first kappa shape index (κ1) is 16.1. The van der Waals surface area contributed by atoms with Crippen molar-refractivity contribution in [1.82, 2.24) is 10.2 Å². The molecule has 0 aliphatic heterocycles. The molecule has 0 heterocycles. The molecule has 0 spiro atoms. The van der Waals surface area contributed by atoms with E-state index in [2.05, 4.69) is 10.2 Å². The van der Waals surface area contributed by atoms with E-state index in [0.717, 1.165) is 0 Å². The van der Waals surface area contributed by atoms with E-state index < -0.39 is 24.5 Å². The number of nitrogens with zero attached hydrogens (tertiary/aromatic N) is 2. The monoisotopic (exact) mass is 256 g/mol. The van der Waals surface area contributed by atoms with Crippen LogP contribution in [-0.2, 0) is 14.4 Å². The van der Waals surface area contributed by atoms with Crippen LogP contribution >= 0.6 is 0 Å². The largest absolute Gasteiger partial charge is 0.387 e. The maximum Gasteiger partial charge on any atom is 0.370 e. The summed E-state index contributed by atoms with van der Waals surface area (Å²) >= 11 is 0. The standard InChI is InChI=1S/C11H17N3O4/c1-4-8(16)6-14(3)10(17)5-13-11(18)9(7-15)12-2/h2,9,15H,4-7H2,1,3H3/p+1/t9-/m1/s1. The van der Waals surface area contributed by atoms with E-state index in [1.54, 1.807) is 6.92 Å². The van der Waals surface area contributed by atoms with Crippen LogP contribution in [0.5, 0.6) is 0 Å². The lowest BCUT2D eigenvalue weighted by atomic mass is 10.3. The van der Waals surface area contributed by atoms with Crippen LogP contribution in [0.1, 0.15) is 13.3 Å². The average Bonchev–Trinajstić information content (AvgIpc) is 2.36. The van der Waals surface area contributed by atoms with Gasteiger partial charge in [-0.1, -0.05) is 11.8 Å². The Balaban J connectivity index is 4.14. The number of nitrogens with one attached hydrogen (secondary N) is 1. The van der Waals surface area contributed by atoms with Crippen molar-refractivity contribution in [3.63, 3.8) is 0 Å². The zero-order valence-electron chi connectivity index (χ0n) is 10.5. The molecule has 0 radical (unpaired) electrons. The predicted octanol–water partition coefficient (Wildman–Crippen LogP) is -1.14. The number of Topliss-reactive ketones (excluding diaryl/α,β-unsaturated/α-hetero) is 1. The normalized spacial score (nSPS) is 11.2. The second-order valence-corrected chi connectivity index (χ2v) is 3.71. The molecule has 18 heavy (non-hydrogen) atoms. The van der Waals surface area contributed by atoms with Crippen molar-refractivity contribution in [3.8, 4) is 6.57 Å². The van der Waals surface area contributed by atoms with Gasteiger partial charge in [0.2, 0.25) is 5.91 Å². The van der Waals surface area contributed by atoms with Crippen molar-refractivity contribution in [2.24, 2.45) is 0 Å². The van der Waals surface area contributed by atoms with Crippen LogP contribution in [0.4, 0.5) is 0 Å². The Morgan fingerprint density at radius 2 is 2.06 bits per heavy atom. The SMILES string of the molecule is C#[N+][C@H](CO)C(=O)NCC(=O)N(C)CC(=O)CC. The minimum Gasteiger partial charge on any atom is -0.387 e. The molecule has 0 saturated heterocycles. The van der Waals surface area contributed by atoms with Gasteiger partial charge in [-0.15, -0.1) is 0 Å². The van der Waals surface area contributed by atoms with E-state index in [4.69, 9.17) is 11.7 Å². The van der Waals surface area contributed by atoms with E-state index in [1.165, 1.54) is 11.9 Å². The molecule has 0 aliphatic rings. The Bertz CT molecular complexity index is 362. The molecular weight excluding hydrogens is 238 g/mol. The summed E-state index contributed by atoms with van der Waals surface area (Å²) < 4.78 is 0. The van der Waals surface area contributed by atoms with Gasteiger partial charge in [0.05, 0.1) is 13.1 Å². The molecule has 0 aliphatic carbocycles. The van der Waals surface area contributed by atoms with E-state index >= 15 is 0 Å². The number of aliphatic hydroxyl groups is 1. The summed E-state index contributed by atoms with van der Waals surface area (Å²) in [5.41, 5.74) is 0. The topological polar surface area (TPSA) is 91.1 Å². The summed E-state index contributed by atoms with van der Waals surface area (Å²) in [5, 5.41) is 11.0. The smallest absolute Gasteiger partial charge is 0.370 e. The van der Waals surface area contributed by atoms with Crippen molar-refractivity contribution < 1.29 is 19.5 Å². The maximum absolute atomic E-state index is 11.5. The molecule has 0 bridgehead atoms. The molecule has 2 N–H and O–H groups in total. The Labute approximate surface area is 106 Å². The van der Waals surface area contributed by atoms with E-state index in [-0.39, 0.29) is 18.9 Å². The first-order valence-electron chi connectivity index (χ1n) is 5.50. The number of carbonyl (C=O) groups is 3. The summed E-state index contributed by atoms with van der Waals surface area (Å²) in [6.07, 6.45) is 0.350. The number of hydrogen-bond acceptors (Lipinski definition) is 4. The molecule has 0 rings (SSSR count). The van der Waals surface area contributed by atoms with Crippen LogP contribution in [0.15, 0.2) is 0 Å². The third-order valence-electron chi connectivity index (χ3n) is 2.30. The fraction of sp³-hybridized carbons (Fsp3) is 0.636. The molecule has 0 unspecified atom stereocenters. The van der Waals surface area contributed by atoms with Gasteiger partial charge in [-0.05, 0) is 0 Å². The van der Waals surface area contributed by atoms with Crippen molar-refractivity contribution in [1.29, 1.82) is 0 Å². The highest BCUT2D eigenvalue weighted by Crippen LogP contribution is 1.91. The molecule has 7 heteroatoms. The van der Waals surface area contributed by atoms with Crippen molar-refractivity contribution >= 4 is 17.6 Å². The molecule has 0 aromatic rings. The van der Waals surface area contributed by atoms with Gasteiger partial charge in [0, 0.05) is 13.5 Å².